The fraction of sp³-hybridized carbons (Fsp3) is 0.688. The molecule has 0 saturated heterocycles. The van der Waals surface area contributed by atoms with E-state index in [-0.39, 0.29) is 11.6 Å². The summed E-state index contributed by atoms with van der Waals surface area (Å²) < 4.78 is 0. The molecular weight excluding hydrogens is 284 g/mol. The Morgan fingerprint density at radius 1 is 1.43 bits per heavy atom. The van der Waals surface area contributed by atoms with E-state index in [1.807, 2.05) is 6.07 Å². The van der Waals surface area contributed by atoms with Gasteiger partial charge in [0.05, 0.1) is 11.1 Å². The Bertz CT molecular complexity index is 469. The number of nitrogen functional groups attached to an aromatic ring is 1. The second-order valence-corrected chi connectivity index (χ2v) is 6.66. The Kier molecular flexibility index (Phi) is 5.47. The molecule has 0 bridgehead atoms. The largest absolute Gasteiger partial charge is 0.383 e. The van der Waals surface area contributed by atoms with Crippen molar-refractivity contribution in [3.63, 3.8) is 0 Å². The van der Waals surface area contributed by atoms with Crippen LogP contribution in [-0.4, -0.2) is 36.1 Å². The van der Waals surface area contributed by atoms with Crippen molar-refractivity contribution in [2.45, 2.75) is 50.6 Å². The molecule has 4 nitrogen and oxygen atoms in total. The van der Waals surface area contributed by atoms with Crippen molar-refractivity contribution < 1.29 is 0 Å². The molecule has 1 aliphatic rings. The van der Waals surface area contributed by atoms with Gasteiger partial charge in [0.2, 0.25) is 0 Å². The molecule has 0 amide bonds. The van der Waals surface area contributed by atoms with Gasteiger partial charge in [-0.2, -0.15) is 0 Å². The van der Waals surface area contributed by atoms with Crippen LogP contribution in [0.5, 0.6) is 0 Å². The molecule has 1 aromatic heterocycles. The van der Waals surface area contributed by atoms with Gasteiger partial charge in [0.15, 0.2) is 0 Å². The molecule has 1 saturated carbocycles. The summed E-state index contributed by atoms with van der Waals surface area (Å²) in [6.07, 6.45) is 7.58. The zero-order chi connectivity index (χ0) is 15.5. The number of nitrogens with zero attached hydrogens (tertiary/aromatic N) is 2. The van der Waals surface area contributed by atoms with Crippen LogP contribution in [0.2, 0.25) is 5.02 Å². The number of nitrogens with one attached hydrogen (secondary N) is 1. The average molecular weight is 311 g/mol. The van der Waals surface area contributed by atoms with Crippen molar-refractivity contribution in [1.82, 2.24) is 15.2 Å². The highest BCUT2D eigenvalue weighted by molar-refractivity contribution is 6.30. The molecular formula is C16H27ClN4. The summed E-state index contributed by atoms with van der Waals surface area (Å²) >= 11 is 6.17. The molecule has 118 valence electrons. The van der Waals surface area contributed by atoms with Gasteiger partial charge in [-0.05, 0) is 46.0 Å². The smallest absolute Gasteiger partial charge is 0.128 e. The van der Waals surface area contributed by atoms with Gasteiger partial charge in [-0.3, -0.25) is 0 Å². The first-order chi connectivity index (χ1) is 10.0. The number of anilines is 1. The number of aromatic nitrogens is 1. The summed E-state index contributed by atoms with van der Waals surface area (Å²) in [4.78, 5) is 6.61. The fourth-order valence-electron chi connectivity index (χ4n) is 3.56. The van der Waals surface area contributed by atoms with Crippen LogP contribution in [0.4, 0.5) is 5.82 Å². The lowest BCUT2D eigenvalue weighted by atomic mass is 9.82. The maximum Gasteiger partial charge on any atom is 0.128 e. The minimum absolute atomic E-state index is 0.0929. The third-order valence-electron chi connectivity index (χ3n) is 4.72. The van der Waals surface area contributed by atoms with E-state index in [1.165, 1.54) is 25.7 Å². The van der Waals surface area contributed by atoms with Crippen LogP contribution >= 0.6 is 11.6 Å². The Labute approximate surface area is 133 Å². The topological polar surface area (TPSA) is 54.2 Å². The average Bonchev–Trinajstić information content (AvgIpc) is 2.93. The summed E-state index contributed by atoms with van der Waals surface area (Å²) in [5.41, 5.74) is 7.29. The zero-order valence-electron chi connectivity index (χ0n) is 13.3. The molecule has 1 aromatic rings. The van der Waals surface area contributed by atoms with Crippen molar-refractivity contribution >= 4 is 17.4 Å². The molecule has 0 aromatic carbocycles. The Balaban J connectivity index is 2.44. The third-order valence-corrected chi connectivity index (χ3v) is 4.93. The van der Waals surface area contributed by atoms with Crippen molar-refractivity contribution in [1.29, 1.82) is 0 Å². The lowest BCUT2D eigenvalue weighted by Gasteiger charge is -2.44. The SMILES string of the molecule is CCCNC(c1cc(Cl)cnc1N)C1(N(C)C)CCCC1. The molecule has 1 atom stereocenters. The Morgan fingerprint density at radius 2 is 2.10 bits per heavy atom. The number of hydrogen-bond acceptors (Lipinski definition) is 4. The van der Waals surface area contributed by atoms with Gasteiger partial charge in [-0.15, -0.1) is 0 Å². The number of likely N-dealkylation sites (N-methyl/N-ethyl adjacent to an activating group) is 1. The number of nitrogens with two attached hydrogens (primary N) is 1. The lowest BCUT2D eigenvalue weighted by Crippen LogP contribution is -2.52. The highest BCUT2D eigenvalue weighted by Crippen LogP contribution is 2.44. The molecule has 2 rings (SSSR count). The van der Waals surface area contributed by atoms with E-state index in [9.17, 15) is 0 Å². The van der Waals surface area contributed by atoms with Crippen molar-refractivity contribution in [3.8, 4) is 0 Å². The molecule has 0 aliphatic heterocycles. The van der Waals surface area contributed by atoms with E-state index in [4.69, 9.17) is 17.3 Å². The highest BCUT2D eigenvalue weighted by Gasteiger charge is 2.44. The predicted molar refractivity (Wildman–Crippen MR) is 89.6 cm³/mol. The quantitative estimate of drug-likeness (QED) is 0.847. The fourth-order valence-corrected chi connectivity index (χ4v) is 3.72. The van der Waals surface area contributed by atoms with Gasteiger partial charge in [-0.1, -0.05) is 31.4 Å². The summed E-state index contributed by atoms with van der Waals surface area (Å²) in [6, 6.07) is 2.14. The van der Waals surface area contributed by atoms with Gasteiger partial charge >= 0.3 is 0 Å². The van der Waals surface area contributed by atoms with Gasteiger partial charge in [0.25, 0.3) is 0 Å². The molecule has 0 spiro atoms. The number of halogens is 1. The summed E-state index contributed by atoms with van der Waals surface area (Å²) in [7, 11) is 4.33. The molecule has 3 N–H and O–H groups in total. The van der Waals surface area contributed by atoms with Gasteiger partial charge in [-0.25, -0.2) is 4.98 Å². The highest BCUT2D eigenvalue weighted by atomic mass is 35.5. The van der Waals surface area contributed by atoms with E-state index >= 15 is 0 Å². The predicted octanol–water partition coefficient (Wildman–Crippen LogP) is 3.23. The van der Waals surface area contributed by atoms with Gasteiger partial charge < -0.3 is 16.0 Å². The van der Waals surface area contributed by atoms with Crippen molar-refractivity contribution in [2.24, 2.45) is 0 Å². The molecule has 5 heteroatoms. The molecule has 0 radical (unpaired) electrons. The first kappa shape index (κ1) is 16.5. The monoisotopic (exact) mass is 310 g/mol. The van der Waals surface area contributed by atoms with Crippen LogP contribution in [0.15, 0.2) is 12.3 Å². The van der Waals surface area contributed by atoms with Crippen LogP contribution in [0.3, 0.4) is 0 Å². The molecule has 1 aliphatic carbocycles. The van der Waals surface area contributed by atoms with E-state index in [1.54, 1.807) is 6.20 Å². The standard InChI is InChI=1S/C16H27ClN4/c1-4-9-19-14(13-10-12(17)11-20-15(13)18)16(21(2)3)7-5-6-8-16/h10-11,14,19H,4-9H2,1-3H3,(H2,18,20). The van der Waals surface area contributed by atoms with Crippen LogP contribution < -0.4 is 11.1 Å². The first-order valence-electron chi connectivity index (χ1n) is 7.83. The minimum atomic E-state index is 0.0929. The van der Waals surface area contributed by atoms with Gasteiger partial charge in [0, 0.05) is 17.3 Å². The van der Waals surface area contributed by atoms with Crippen LogP contribution in [0.1, 0.15) is 50.6 Å². The summed E-state index contributed by atoms with van der Waals surface area (Å²) in [6.45, 7) is 3.15. The maximum atomic E-state index is 6.17. The minimum Gasteiger partial charge on any atom is -0.383 e. The van der Waals surface area contributed by atoms with Crippen LogP contribution in [0.25, 0.3) is 0 Å². The molecule has 1 fully saturated rings. The Hall–Kier alpha value is -0.840. The number of rotatable bonds is 6. The number of pyridine rings is 1. The Morgan fingerprint density at radius 3 is 2.67 bits per heavy atom. The first-order valence-corrected chi connectivity index (χ1v) is 8.21. The second kappa shape index (κ2) is 6.95. The maximum absolute atomic E-state index is 6.17. The summed E-state index contributed by atoms with van der Waals surface area (Å²) in [5.74, 6) is 0.584. The van der Waals surface area contributed by atoms with Crippen molar-refractivity contribution in [2.75, 3.05) is 26.4 Å². The van der Waals surface area contributed by atoms with Crippen LogP contribution in [-0.2, 0) is 0 Å². The lowest BCUT2D eigenvalue weighted by molar-refractivity contribution is 0.105. The van der Waals surface area contributed by atoms with E-state index < -0.39 is 0 Å². The summed E-state index contributed by atoms with van der Waals surface area (Å²) in [5, 5.41) is 4.35. The molecule has 1 unspecified atom stereocenters. The number of hydrogen-bond donors (Lipinski definition) is 2. The molecule has 1 heterocycles. The second-order valence-electron chi connectivity index (χ2n) is 6.22. The van der Waals surface area contributed by atoms with Crippen LogP contribution in [0, 0.1) is 0 Å². The molecule has 21 heavy (non-hydrogen) atoms. The van der Waals surface area contributed by atoms with Crippen molar-refractivity contribution in [3.05, 3.63) is 22.8 Å². The zero-order valence-corrected chi connectivity index (χ0v) is 14.1. The third kappa shape index (κ3) is 3.33. The van der Waals surface area contributed by atoms with E-state index in [0.717, 1.165) is 18.5 Å². The normalized spacial score (nSPS) is 19.1. The van der Waals surface area contributed by atoms with E-state index in [0.29, 0.717) is 10.8 Å². The van der Waals surface area contributed by atoms with E-state index in [2.05, 4.69) is 36.2 Å². The van der Waals surface area contributed by atoms with Gasteiger partial charge in [0.1, 0.15) is 5.82 Å².